The zero-order valence-corrected chi connectivity index (χ0v) is 9.69. The van der Waals surface area contributed by atoms with Crippen LogP contribution in [0.4, 0.5) is 0 Å². The molecule has 0 radical (unpaired) electrons. The Balaban J connectivity index is 3.07. The van der Waals surface area contributed by atoms with Crippen molar-refractivity contribution in [1.82, 2.24) is 0 Å². The van der Waals surface area contributed by atoms with Crippen molar-refractivity contribution in [1.29, 1.82) is 0 Å². The molecular weight excluding hydrogens is 176 g/mol. The molecule has 0 aromatic carbocycles. The van der Waals surface area contributed by atoms with Crippen LogP contribution in [0.5, 0.6) is 0 Å². The van der Waals surface area contributed by atoms with E-state index in [0.29, 0.717) is 0 Å². The van der Waals surface area contributed by atoms with Crippen molar-refractivity contribution >= 4 is 22.1 Å². The molecule has 0 fully saturated rings. The maximum Gasteiger partial charge on any atom is 0.134 e. The Hall–Kier alpha value is 0.487. The normalized spacial score (nSPS) is 12.0. The van der Waals surface area contributed by atoms with Crippen molar-refractivity contribution in [2.24, 2.45) is 0 Å². The number of unbranched alkanes of at least 4 members (excludes halogenated alkanes) is 1. The molecule has 0 unspecified atom stereocenters. The molecule has 0 atom stereocenters. The summed E-state index contributed by atoms with van der Waals surface area (Å²) in [6, 6.07) is 1.30. The Bertz CT molecular complexity index is 78.8. The number of hydrogen-bond donors (Lipinski definition) is 1. The lowest BCUT2D eigenvalue weighted by atomic mass is 10.4. The van der Waals surface area contributed by atoms with Crippen LogP contribution in [0.3, 0.4) is 0 Å². The van der Waals surface area contributed by atoms with Gasteiger partial charge >= 0.3 is 0 Å². The average molecular weight is 194 g/mol. The fourth-order valence-corrected chi connectivity index (χ4v) is 2.60. The maximum atomic E-state index is 5.10. The molecule has 2 nitrogen and oxygen atoms in total. The van der Waals surface area contributed by atoms with Gasteiger partial charge in [0.2, 0.25) is 0 Å². The third kappa shape index (κ3) is 6.87. The van der Waals surface area contributed by atoms with Crippen LogP contribution in [0.2, 0.25) is 6.04 Å². The van der Waals surface area contributed by atoms with Gasteiger partial charge in [-0.2, -0.15) is 12.6 Å². The molecule has 0 aliphatic rings. The van der Waals surface area contributed by atoms with E-state index >= 15 is 0 Å². The highest BCUT2D eigenvalue weighted by Gasteiger charge is 2.03. The quantitative estimate of drug-likeness (QED) is 0.280. The zero-order chi connectivity index (χ0) is 8.53. The fraction of sp³-hybridized carbons (Fsp3) is 1.00. The lowest BCUT2D eigenvalue weighted by Gasteiger charge is -2.11. The SMILES string of the molecule is COC(OC)[SiH2]CCCCS. The molecule has 0 rings (SSSR count). The van der Waals surface area contributed by atoms with Gasteiger partial charge < -0.3 is 9.47 Å². The van der Waals surface area contributed by atoms with Gasteiger partial charge in [0.15, 0.2) is 0 Å². The Morgan fingerprint density at radius 1 is 1.27 bits per heavy atom. The van der Waals surface area contributed by atoms with Crippen molar-refractivity contribution in [2.75, 3.05) is 20.0 Å². The van der Waals surface area contributed by atoms with Gasteiger partial charge in [-0.1, -0.05) is 12.5 Å². The molecule has 0 heterocycles. The number of rotatable bonds is 7. The number of hydrogen-bond acceptors (Lipinski definition) is 3. The summed E-state index contributed by atoms with van der Waals surface area (Å²) in [7, 11) is 3.24. The van der Waals surface area contributed by atoms with Crippen molar-refractivity contribution in [3.8, 4) is 0 Å². The van der Waals surface area contributed by atoms with Gasteiger partial charge in [0.25, 0.3) is 0 Å². The largest absolute Gasteiger partial charge is 0.360 e. The zero-order valence-electron chi connectivity index (χ0n) is 7.38. The Morgan fingerprint density at radius 3 is 2.36 bits per heavy atom. The highest BCUT2D eigenvalue weighted by atomic mass is 32.1. The van der Waals surface area contributed by atoms with Gasteiger partial charge in [-0.05, 0) is 12.2 Å². The molecule has 68 valence electrons. The summed E-state index contributed by atoms with van der Waals surface area (Å²) in [5.41, 5.74) is 0. The first-order chi connectivity index (χ1) is 5.35. The predicted molar refractivity (Wildman–Crippen MR) is 54.2 cm³/mol. The van der Waals surface area contributed by atoms with E-state index in [0.717, 1.165) is 5.75 Å². The summed E-state index contributed by atoms with van der Waals surface area (Å²) in [5.74, 6) is 1.12. The number of methoxy groups -OCH3 is 2. The fourth-order valence-electron chi connectivity index (χ4n) is 0.932. The van der Waals surface area contributed by atoms with E-state index in [1.807, 2.05) is 0 Å². The predicted octanol–water partition coefficient (Wildman–Crippen LogP) is 0.860. The molecule has 0 aliphatic heterocycles. The second kappa shape index (κ2) is 8.58. The first-order valence-electron chi connectivity index (χ1n) is 4.01. The Morgan fingerprint density at radius 2 is 1.91 bits per heavy atom. The molecule has 0 N–H and O–H groups in total. The minimum Gasteiger partial charge on any atom is -0.360 e. The summed E-state index contributed by atoms with van der Waals surface area (Å²) in [6.45, 7) is 0. The number of thiol groups is 1. The smallest absolute Gasteiger partial charge is 0.134 e. The van der Waals surface area contributed by atoms with Gasteiger partial charge in [-0.3, -0.25) is 0 Å². The maximum absolute atomic E-state index is 5.10. The van der Waals surface area contributed by atoms with Crippen LogP contribution in [-0.4, -0.2) is 35.4 Å². The molecule has 0 saturated carbocycles. The standard InChI is InChI=1S/C7H18O2SSi/c1-8-7(9-2)11-6-4-3-5-10/h7,10H,3-6,11H2,1-2H3. The van der Waals surface area contributed by atoms with Crippen LogP contribution in [-0.2, 0) is 9.47 Å². The van der Waals surface area contributed by atoms with Crippen LogP contribution >= 0.6 is 12.6 Å². The monoisotopic (exact) mass is 194 g/mol. The summed E-state index contributed by atoms with van der Waals surface area (Å²) in [6.07, 6.45) is 2.50. The van der Waals surface area contributed by atoms with E-state index in [1.54, 1.807) is 14.2 Å². The van der Waals surface area contributed by atoms with Crippen molar-refractivity contribution < 1.29 is 9.47 Å². The van der Waals surface area contributed by atoms with E-state index in [4.69, 9.17) is 9.47 Å². The molecule has 4 heteroatoms. The first-order valence-corrected chi connectivity index (χ1v) is 6.46. The summed E-state index contributed by atoms with van der Waals surface area (Å²) in [4.78, 5) is 0. The molecule has 0 aromatic heterocycles. The van der Waals surface area contributed by atoms with E-state index in [2.05, 4.69) is 12.6 Å². The van der Waals surface area contributed by atoms with Gasteiger partial charge in [-0.25, -0.2) is 0 Å². The molecule has 11 heavy (non-hydrogen) atoms. The van der Waals surface area contributed by atoms with E-state index in [9.17, 15) is 0 Å². The molecule has 0 aromatic rings. The van der Waals surface area contributed by atoms with Crippen LogP contribution in [0.15, 0.2) is 0 Å². The topological polar surface area (TPSA) is 18.5 Å². The average Bonchev–Trinajstić information content (AvgIpc) is 2.05. The second-order valence-electron chi connectivity index (χ2n) is 2.47. The molecular formula is C7H18O2SSi. The van der Waals surface area contributed by atoms with Crippen molar-refractivity contribution in [2.45, 2.75) is 24.8 Å². The summed E-state index contributed by atoms with van der Waals surface area (Å²) >= 11 is 4.14. The van der Waals surface area contributed by atoms with Crippen LogP contribution in [0, 0.1) is 0 Å². The lowest BCUT2D eigenvalue weighted by Crippen LogP contribution is -2.20. The minimum atomic E-state index is -0.173. The van der Waals surface area contributed by atoms with E-state index in [-0.39, 0.29) is 15.4 Å². The highest BCUT2D eigenvalue weighted by Crippen LogP contribution is 2.00. The van der Waals surface area contributed by atoms with Gasteiger partial charge in [0.05, 0.1) is 9.52 Å². The van der Waals surface area contributed by atoms with Crippen molar-refractivity contribution in [3.05, 3.63) is 0 Å². The minimum absolute atomic E-state index is 0.120. The third-order valence-electron chi connectivity index (χ3n) is 1.62. The summed E-state index contributed by atoms with van der Waals surface area (Å²) in [5, 5.41) is 0. The number of ether oxygens (including phenoxy) is 2. The third-order valence-corrected chi connectivity index (χ3v) is 3.99. The van der Waals surface area contributed by atoms with Crippen LogP contribution in [0.25, 0.3) is 0 Å². The Labute approximate surface area is 76.9 Å². The molecule has 0 spiro atoms. The van der Waals surface area contributed by atoms with Crippen molar-refractivity contribution in [3.63, 3.8) is 0 Å². The van der Waals surface area contributed by atoms with Gasteiger partial charge in [0.1, 0.15) is 5.91 Å². The van der Waals surface area contributed by atoms with Gasteiger partial charge in [0, 0.05) is 14.2 Å². The summed E-state index contributed by atoms with van der Waals surface area (Å²) < 4.78 is 10.2. The highest BCUT2D eigenvalue weighted by molar-refractivity contribution is 7.80. The van der Waals surface area contributed by atoms with E-state index < -0.39 is 0 Å². The van der Waals surface area contributed by atoms with Crippen LogP contribution in [0.1, 0.15) is 12.8 Å². The molecule has 0 saturated heterocycles. The first kappa shape index (κ1) is 11.5. The lowest BCUT2D eigenvalue weighted by molar-refractivity contribution is -0.0441. The molecule has 0 bridgehead atoms. The molecule has 0 amide bonds. The second-order valence-corrected chi connectivity index (χ2v) is 4.87. The van der Waals surface area contributed by atoms with E-state index in [1.165, 1.54) is 18.9 Å². The van der Waals surface area contributed by atoms with Gasteiger partial charge in [-0.15, -0.1) is 0 Å². The Kier molecular flexibility index (Phi) is 8.96. The van der Waals surface area contributed by atoms with Crippen LogP contribution < -0.4 is 0 Å². The molecule has 0 aliphatic carbocycles.